The van der Waals surface area contributed by atoms with Crippen LogP contribution in [0.15, 0.2) is 70.5 Å². The van der Waals surface area contributed by atoms with E-state index in [9.17, 15) is 9.59 Å². The van der Waals surface area contributed by atoms with E-state index in [0.717, 1.165) is 126 Å². The molecule has 6 aromatic rings. The minimum atomic E-state index is 0.0374. The summed E-state index contributed by atoms with van der Waals surface area (Å²) in [7, 11) is 7.06. The largest absolute Gasteiger partial charge is 0.383 e. The summed E-state index contributed by atoms with van der Waals surface area (Å²) in [5.74, 6) is 3.07. The average molecular weight is 777 g/mol. The van der Waals surface area contributed by atoms with Crippen LogP contribution in [0.1, 0.15) is 73.3 Å². The molecule has 12 nitrogen and oxygen atoms in total. The molecule has 57 heavy (non-hydrogen) atoms. The van der Waals surface area contributed by atoms with Crippen LogP contribution in [-0.4, -0.2) is 82.1 Å². The highest BCUT2D eigenvalue weighted by atomic mass is 16.5. The molecular weight excluding hydrogens is 721 g/mol. The molecule has 0 radical (unpaired) electrons. The van der Waals surface area contributed by atoms with Crippen molar-refractivity contribution in [3.05, 3.63) is 104 Å². The summed E-state index contributed by atoms with van der Waals surface area (Å²) >= 11 is 0. The normalized spacial score (nSPS) is 15.9. The zero-order valence-electron chi connectivity index (χ0n) is 34.4. The van der Waals surface area contributed by atoms with Gasteiger partial charge in [-0.05, 0) is 105 Å². The molecule has 1 atom stereocenters. The van der Waals surface area contributed by atoms with Gasteiger partial charge in [-0.1, -0.05) is 12.1 Å². The zero-order valence-corrected chi connectivity index (χ0v) is 34.4. The van der Waals surface area contributed by atoms with Crippen LogP contribution in [0.2, 0.25) is 0 Å². The first-order valence-corrected chi connectivity index (χ1v) is 20.1. The fourth-order valence-electron chi connectivity index (χ4n) is 8.39. The first-order valence-electron chi connectivity index (χ1n) is 20.1. The van der Waals surface area contributed by atoms with Gasteiger partial charge in [-0.3, -0.25) is 9.59 Å². The zero-order chi connectivity index (χ0) is 40.2. The van der Waals surface area contributed by atoms with Crippen LogP contribution in [0.5, 0.6) is 0 Å². The number of aromatic nitrogens is 6. The number of hydrogen-bond acceptors (Lipinski definition) is 8. The standard InChI is InChI=1S/C23H29N3O3.C22H27N3O3/c1-15-11-19(13-25(3)23(15)27)18-5-6-20-21(12-18)26(16(2)14-28-4)22(24-20)17-7-9-29-10-8-17;1-15-12-18(14-24(2)22(15)26)17-4-5-19-20(13-17)25(8-11-27-3)21(23-19)16-6-9-28-10-7-16/h5-6,11-13,16-17H,7-10,14H2,1-4H3;4-5,12-14,16H,6-11H2,1-3H3/t16-;/m1./s1. The smallest absolute Gasteiger partial charge is 0.253 e. The summed E-state index contributed by atoms with van der Waals surface area (Å²) in [6.07, 6.45) is 7.79. The van der Waals surface area contributed by atoms with Gasteiger partial charge in [-0.25, -0.2) is 9.97 Å². The van der Waals surface area contributed by atoms with Crippen LogP contribution in [0.4, 0.5) is 0 Å². The molecule has 8 rings (SSSR count). The molecule has 302 valence electrons. The topological polar surface area (TPSA) is 117 Å². The van der Waals surface area contributed by atoms with E-state index in [2.05, 4.69) is 52.5 Å². The van der Waals surface area contributed by atoms with Gasteiger partial charge in [0.25, 0.3) is 11.1 Å². The number of methoxy groups -OCH3 is 2. The van der Waals surface area contributed by atoms with Gasteiger partial charge in [0.2, 0.25) is 0 Å². The predicted octanol–water partition coefficient (Wildman–Crippen LogP) is 7.06. The Morgan fingerprint density at radius 2 is 1.18 bits per heavy atom. The van der Waals surface area contributed by atoms with Gasteiger partial charge in [0.05, 0.1) is 41.3 Å². The van der Waals surface area contributed by atoms with Gasteiger partial charge in [0, 0.05) is 96.6 Å². The number of pyridine rings is 2. The number of fused-ring (bicyclic) bond motifs is 2. The molecule has 2 fully saturated rings. The van der Waals surface area contributed by atoms with E-state index in [-0.39, 0.29) is 17.2 Å². The molecule has 4 aromatic heterocycles. The molecule has 2 saturated heterocycles. The van der Waals surface area contributed by atoms with Crippen molar-refractivity contribution >= 4 is 22.1 Å². The Morgan fingerprint density at radius 3 is 1.68 bits per heavy atom. The van der Waals surface area contributed by atoms with Gasteiger partial charge in [-0.15, -0.1) is 0 Å². The molecular formula is C45H56N6O6. The van der Waals surface area contributed by atoms with Crippen LogP contribution in [0.3, 0.4) is 0 Å². The number of aryl methyl sites for hydroxylation is 4. The van der Waals surface area contributed by atoms with Crippen molar-refractivity contribution in [2.24, 2.45) is 14.1 Å². The Labute approximate surface area is 334 Å². The Morgan fingerprint density at radius 1 is 0.684 bits per heavy atom. The summed E-state index contributed by atoms with van der Waals surface area (Å²) in [4.78, 5) is 34.1. The number of ether oxygens (including phenoxy) is 4. The van der Waals surface area contributed by atoms with E-state index < -0.39 is 0 Å². The Bertz CT molecular complexity index is 2410. The second kappa shape index (κ2) is 17.7. The highest BCUT2D eigenvalue weighted by Gasteiger charge is 2.26. The predicted molar refractivity (Wildman–Crippen MR) is 224 cm³/mol. The molecule has 0 saturated carbocycles. The molecule has 0 aliphatic carbocycles. The molecule has 2 aromatic carbocycles. The minimum absolute atomic E-state index is 0.0374. The summed E-state index contributed by atoms with van der Waals surface area (Å²) < 4.78 is 29.8. The van der Waals surface area contributed by atoms with E-state index in [1.165, 1.54) is 0 Å². The highest BCUT2D eigenvalue weighted by molar-refractivity contribution is 5.84. The van der Waals surface area contributed by atoms with Crippen LogP contribution in [0.25, 0.3) is 44.3 Å². The maximum Gasteiger partial charge on any atom is 0.253 e. The fourth-order valence-corrected chi connectivity index (χ4v) is 8.39. The lowest BCUT2D eigenvalue weighted by Crippen LogP contribution is -2.21. The van der Waals surface area contributed by atoms with E-state index in [0.29, 0.717) is 25.0 Å². The van der Waals surface area contributed by atoms with E-state index >= 15 is 0 Å². The van der Waals surface area contributed by atoms with Gasteiger partial charge < -0.3 is 37.2 Å². The Kier molecular flexibility index (Phi) is 12.5. The Hall–Kier alpha value is -4.88. The van der Waals surface area contributed by atoms with E-state index in [1.807, 2.05) is 38.4 Å². The van der Waals surface area contributed by atoms with Gasteiger partial charge in [0.15, 0.2) is 0 Å². The van der Waals surface area contributed by atoms with Crippen molar-refractivity contribution in [1.82, 2.24) is 28.2 Å². The number of benzene rings is 2. The third-order valence-corrected chi connectivity index (χ3v) is 11.4. The van der Waals surface area contributed by atoms with Crippen LogP contribution >= 0.6 is 0 Å². The molecule has 0 unspecified atom stereocenters. The van der Waals surface area contributed by atoms with Crippen molar-refractivity contribution in [2.45, 2.75) is 70.9 Å². The fraction of sp³-hybridized carbons (Fsp3) is 0.467. The van der Waals surface area contributed by atoms with Crippen molar-refractivity contribution in [3.63, 3.8) is 0 Å². The molecule has 6 heterocycles. The SMILES string of the molecule is COCCn1c(C2CCOCC2)nc2ccc(-c3cc(C)c(=O)n(C)c3)cc21.COC[C@@H](C)n1c(C2CCOCC2)nc2ccc(-c3cc(C)c(=O)n(C)c3)cc21. The lowest BCUT2D eigenvalue weighted by Gasteiger charge is -2.25. The first kappa shape index (κ1) is 40.3. The second-order valence-corrected chi connectivity index (χ2v) is 15.6. The van der Waals surface area contributed by atoms with Crippen LogP contribution in [0, 0.1) is 13.8 Å². The minimum Gasteiger partial charge on any atom is -0.383 e. The average Bonchev–Trinajstić information content (AvgIpc) is 3.80. The first-order chi connectivity index (χ1) is 27.6. The summed E-state index contributed by atoms with van der Waals surface area (Å²) in [6.45, 7) is 11.1. The van der Waals surface area contributed by atoms with Crippen molar-refractivity contribution < 1.29 is 18.9 Å². The molecule has 2 aliphatic heterocycles. The van der Waals surface area contributed by atoms with Gasteiger partial charge in [0.1, 0.15) is 11.6 Å². The Balaban J connectivity index is 0.000000174. The second-order valence-electron chi connectivity index (χ2n) is 15.6. The van der Waals surface area contributed by atoms with Crippen LogP contribution < -0.4 is 11.1 Å². The van der Waals surface area contributed by atoms with Crippen molar-refractivity contribution in [3.8, 4) is 22.3 Å². The summed E-state index contributed by atoms with van der Waals surface area (Å²) in [5.41, 5.74) is 10.0. The quantitative estimate of drug-likeness (QED) is 0.145. The lowest BCUT2D eigenvalue weighted by atomic mass is 9.99. The van der Waals surface area contributed by atoms with Crippen LogP contribution in [-0.2, 0) is 39.6 Å². The third-order valence-electron chi connectivity index (χ3n) is 11.4. The van der Waals surface area contributed by atoms with Crippen molar-refractivity contribution in [1.29, 1.82) is 0 Å². The number of rotatable bonds is 10. The van der Waals surface area contributed by atoms with E-state index in [1.54, 1.807) is 37.4 Å². The summed E-state index contributed by atoms with van der Waals surface area (Å²) in [5, 5.41) is 0. The number of imidazole rings is 2. The van der Waals surface area contributed by atoms with Crippen molar-refractivity contribution in [2.75, 3.05) is 53.9 Å². The molecule has 0 amide bonds. The number of hydrogen-bond donors (Lipinski definition) is 0. The van der Waals surface area contributed by atoms with Gasteiger partial charge >= 0.3 is 0 Å². The maximum atomic E-state index is 12.1. The molecule has 0 spiro atoms. The number of nitrogens with zero attached hydrogens (tertiary/aromatic N) is 6. The van der Waals surface area contributed by atoms with E-state index in [4.69, 9.17) is 28.9 Å². The molecule has 0 N–H and O–H groups in total. The monoisotopic (exact) mass is 776 g/mol. The highest BCUT2D eigenvalue weighted by Crippen LogP contribution is 2.35. The molecule has 2 aliphatic rings. The molecule has 0 bridgehead atoms. The summed E-state index contributed by atoms with van der Waals surface area (Å²) in [6, 6.07) is 16.8. The van der Waals surface area contributed by atoms with Gasteiger partial charge in [-0.2, -0.15) is 0 Å². The maximum absolute atomic E-state index is 12.1. The lowest BCUT2D eigenvalue weighted by molar-refractivity contribution is 0.0817. The third kappa shape index (κ3) is 8.55. The molecule has 12 heteroatoms.